The quantitative estimate of drug-likeness (QED) is 0.568. The monoisotopic (exact) mass is 267 g/mol. The van der Waals surface area contributed by atoms with Crippen LogP contribution in [0.1, 0.15) is 13.3 Å². The molecule has 6 nitrogen and oxygen atoms in total. The molecule has 0 unspecified atom stereocenters. The van der Waals surface area contributed by atoms with Gasteiger partial charge in [0.2, 0.25) is 5.91 Å². The van der Waals surface area contributed by atoms with Crippen molar-refractivity contribution in [2.75, 3.05) is 32.8 Å². The number of aliphatic hydroxyl groups is 1. The summed E-state index contributed by atoms with van der Waals surface area (Å²) in [7, 11) is 0. The third-order valence-electron chi connectivity index (χ3n) is 1.97. The Labute approximate surface area is 104 Å². The molecule has 0 aliphatic heterocycles. The molecule has 0 saturated heterocycles. The zero-order valence-corrected chi connectivity index (χ0v) is 10.3. The first-order chi connectivity index (χ1) is 8.49. The minimum atomic E-state index is -2.60. The molecule has 0 rings (SSSR count). The van der Waals surface area contributed by atoms with E-state index < -0.39 is 24.9 Å². The lowest BCUT2D eigenvalue weighted by Crippen LogP contribution is -2.46. The fourth-order valence-corrected chi connectivity index (χ4v) is 1.22. The molecule has 0 fully saturated rings. The predicted molar refractivity (Wildman–Crippen MR) is 61.4 cm³/mol. The lowest BCUT2D eigenvalue weighted by molar-refractivity contribution is -0.121. The van der Waals surface area contributed by atoms with Gasteiger partial charge in [0.25, 0.3) is 6.43 Å². The van der Waals surface area contributed by atoms with Crippen molar-refractivity contribution in [3.05, 3.63) is 0 Å². The summed E-state index contributed by atoms with van der Waals surface area (Å²) in [6.45, 7) is 0.926. The van der Waals surface area contributed by atoms with Gasteiger partial charge < -0.3 is 10.4 Å². The molecular formula is C10H19F2N3O3. The van der Waals surface area contributed by atoms with Crippen molar-refractivity contribution in [3.63, 3.8) is 0 Å². The van der Waals surface area contributed by atoms with E-state index in [4.69, 9.17) is 5.11 Å². The number of aliphatic hydroxyl groups excluding tert-OH is 1. The number of carbonyl (C=O) groups is 2. The maximum Gasteiger partial charge on any atom is 0.321 e. The first-order valence-electron chi connectivity index (χ1n) is 5.68. The van der Waals surface area contributed by atoms with Crippen LogP contribution in [0.15, 0.2) is 0 Å². The number of halogens is 2. The Hall–Kier alpha value is -1.28. The van der Waals surface area contributed by atoms with Crippen molar-refractivity contribution in [1.29, 1.82) is 0 Å². The molecule has 18 heavy (non-hydrogen) atoms. The van der Waals surface area contributed by atoms with Gasteiger partial charge in [-0.2, -0.15) is 0 Å². The van der Waals surface area contributed by atoms with E-state index >= 15 is 0 Å². The molecule has 8 heteroatoms. The summed E-state index contributed by atoms with van der Waals surface area (Å²) < 4.78 is 24.3. The molecule has 0 saturated carbocycles. The average Bonchev–Trinajstić information content (AvgIpc) is 2.25. The minimum Gasteiger partial charge on any atom is -0.395 e. The van der Waals surface area contributed by atoms with Gasteiger partial charge in [-0.1, -0.05) is 6.92 Å². The van der Waals surface area contributed by atoms with E-state index in [1.165, 1.54) is 0 Å². The number of amides is 3. The average molecular weight is 267 g/mol. The highest BCUT2D eigenvalue weighted by Gasteiger charge is 2.16. The van der Waals surface area contributed by atoms with E-state index in [0.717, 1.165) is 11.3 Å². The molecule has 0 aromatic heterocycles. The molecule has 0 heterocycles. The second-order valence-corrected chi connectivity index (χ2v) is 3.65. The molecule has 0 atom stereocenters. The standard InChI is InChI=1S/C10H19F2N3O3/c1-2-3-13-10(18)14-9(17)7-15(4-5-16)6-8(11)12/h8,16H,2-7H2,1H3,(H2,13,14,17,18). The Morgan fingerprint density at radius 1 is 1.39 bits per heavy atom. The Morgan fingerprint density at radius 2 is 2.06 bits per heavy atom. The summed E-state index contributed by atoms with van der Waals surface area (Å²) in [4.78, 5) is 23.5. The zero-order valence-electron chi connectivity index (χ0n) is 10.3. The highest BCUT2D eigenvalue weighted by Crippen LogP contribution is 1.97. The predicted octanol–water partition coefficient (Wildman–Crippen LogP) is -0.218. The van der Waals surface area contributed by atoms with Crippen LogP contribution in [0, 0.1) is 0 Å². The second-order valence-electron chi connectivity index (χ2n) is 3.65. The normalized spacial score (nSPS) is 10.8. The Balaban J connectivity index is 4.04. The van der Waals surface area contributed by atoms with Crippen molar-refractivity contribution in [2.45, 2.75) is 19.8 Å². The summed E-state index contributed by atoms with van der Waals surface area (Å²) >= 11 is 0. The summed E-state index contributed by atoms with van der Waals surface area (Å²) in [6.07, 6.45) is -1.87. The van der Waals surface area contributed by atoms with E-state index in [1.54, 1.807) is 0 Å². The minimum absolute atomic E-state index is 0.0473. The van der Waals surface area contributed by atoms with E-state index in [0.29, 0.717) is 6.54 Å². The summed E-state index contributed by atoms with van der Waals surface area (Å²) in [6, 6.07) is -0.650. The van der Waals surface area contributed by atoms with Crippen molar-refractivity contribution in [2.24, 2.45) is 0 Å². The van der Waals surface area contributed by atoms with Crippen LogP contribution < -0.4 is 10.6 Å². The Bertz CT molecular complexity index is 265. The van der Waals surface area contributed by atoms with E-state index in [9.17, 15) is 18.4 Å². The number of hydrogen-bond acceptors (Lipinski definition) is 4. The maximum atomic E-state index is 12.2. The second kappa shape index (κ2) is 9.72. The van der Waals surface area contributed by atoms with Gasteiger partial charge in [-0.25, -0.2) is 13.6 Å². The first-order valence-corrected chi connectivity index (χ1v) is 5.68. The van der Waals surface area contributed by atoms with Crippen molar-refractivity contribution in [3.8, 4) is 0 Å². The molecule has 0 bridgehead atoms. The molecule has 0 aromatic rings. The number of rotatable bonds is 8. The topological polar surface area (TPSA) is 81.7 Å². The van der Waals surface area contributed by atoms with E-state index in [-0.39, 0.29) is 19.7 Å². The highest BCUT2D eigenvalue weighted by atomic mass is 19.3. The number of nitrogens with one attached hydrogen (secondary N) is 2. The van der Waals surface area contributed by atoms with Crippen molar-refractivity contribution in [1.82, 2.24) is 15.5 Å². The van der Waals surface area contributed by atoms with Crippen molar-refractivity contribution >= 4 is 11.9 Å². The van der Waals surface area contributed by atoms with Crippen LogP contribution in [0.3, 0.4) is 0 Å². The summed E-state index contributed by atoms with van der Waals surface area (Å²) in [5, 5.41) is 13.1. The third-order valence-corrected chi connectivity index (χ3v) is 1.97. The van der Waals surface area contributed by atoms with Crippen LogP contribution in [-0.4, -0.2) is 61.2 Å². The van der Waals surface area contributed by atoms with Gasteiger partial charge >= 0.3 is 6.03 Å². The van der Waals surface area contributed by atoms with Crippen LogP contribution in [0.4, 0.5) is 13.6 Å². The molecule has 0 radical (unpaired) electrons. The summed E-state index contributed by atoms with van der Waals surface area (Å²) in [5.74, 6) is -0.683. The molecule has 0 aliphatic rings. The van der Waals surface area contributed by atoms with Gasteiger partial charge in [0.05, 0.1) is 19.7 Å². The number of imide groups is 1. The van der Waals surface area contributed by atoms with E-state index in [1.807, 2.05) is 12.2 Å². The largest absolute Gasteiger partial charge is 0.395 e. The van der Waals surface area contributed by atoms with Crippen LogP contribution in [0.5, 0.6) is 0 Å². The fourth-order valence-electron chi connectivity index (χ4n) is 1.22. The molecule has 0 aliphatic carbocycles. The number of alkyl halides is 2. The number of hydrogen-bond donors (Lipinski definition) is 3. The first kappa shape index (κ1) is 16.7. The lowest BCUT2D eigenvalue weighted by atomic mass is 10.4. The fraction of sp³-hybridized carbons (Fsp3) is 0.800. The molecule has 106 valence electrons. The molecule has 0 spiro atoms. The van der Waals surface area contributed by atoms with Gasteiger partial charge in [-0.15, -0.1) is 0 Å². The SMILES string of the molecule is CCCNC(=O)NC(=O)CN(CCO)CC(F)F. The van der Waals surface area contributed by atoms with Gasteiger partial charge in [-0.3, -0.25) is 15.0 Å². The molecule has 0 aromatic carbocycles. The number of nitrogens with zero attached hydrogens (tertiary/aromatic N) is 1. The Kier molecular flexibility index (Phi) is 9.03. The maximum absolute atomic E-state index is 12.2. The molecule has 3 amide bonds. The number of urea groups is 1. The molecule has 3 N–H and O–H groups in total. The Morgan fingerprint density at radius 3 is 2.56 bits per heavy atom. The van der Waals surface area contributed by atoms with Crippen LogP contribution in [0.25, 0.3) is 0 Å². The van der Waals surface area contributed by atoms with Crippen molar-refractivity contribution < 1.29 is 23.5 Å². The number of carbonyl (C=O) groups excluding carboxylic acids is 2. The highest BCUT2D eigenvalue weighted by molar-refractivity contribution is 5.95. The van der Waals surface area contributed by atoms with Gasteiger partial charge in [0.1, 0.15) is 0 Å². The van der Waals surface area contributed by atoms with Crippen LogP contribution in [-0.2, 0) is 4.79 Å². The summed E-state index contributed by atoms with van der Waals surface area (Å²) in [5.41, 5.74) is 0. The van der Waals surface area contributed by atoms with Gasteiger partial charge in [-0.05, 0) is 6.42 Å². The zero-order chi connectivity index (χ0) is 14.0. The molecular weight excluding hydrogens is 248 g/mol. The van der Waals surface area contributed by atoms with Crippen LogP contribution in [0.2, 0.25) is 0 Å². The lowest BCUT2D eigenvalue weighted by Gasteiger charge is -2.19. The van der Waals surface area contributed by atoms with Gasteiger partial charge in [0.15, 0.2) is 0 Å². The third kappa shape index (κ3) is 8.82. The van der Waals surface area contributed by atoms with Crippen LogP contribution >= 0.6 is 0 Å². The van der Waals surface area contributed by atoms with E-state index in [2.05, 4.69) is 5.32 Å². The van der Waals surface area contributed by atoms with Gasteiger partial charge in [0, 0.05) is 13.1 Å². The smallest absolute Gasteiger partial charge is 0.321 e.